The van der Waals surface area contributed by atoms with Gasteiger partial charge in [-0.15, -0.1) is 11.3 Å². The molecule has 0 saturated carbocycles. The van der Waals surface area contributed by atoms with E-state index in [0.717, 1.165) is 33.8 Å². The summed E-state index contributed by atoms with van der Waals surface area (Å²) >= 11 is 1.60. The molecule has 4 aromatic rings. The smallest absolute Gasteiger partial charge is 0.295 e. The number of carbonyl (C=O) groups excluding carboxylic acids is 2. The van der Waals surface area contributed by atoms with Crippen LogP contribution in [0.25, 0.3) is 15.9 Å². The van der Waals surface area contributed by atoms with Crippen molar-refractivity contribution in [3.05, 3.63) is 76.6 Å². The van der Waals surface area contributed by atoms with Crippen LogP contribution in [0.15, 0.2) is 54.6 Å². The Hall–Kier alpha value is -3.32. The van der Waals surface area contributed by atoms with Gasteiger partial charge in [-0.3, -0.25) is 9.59 Å². The van der Waals surface area contributed by atoms with Crippen molar-refractivity contribution in [2.45, 2.75) is 32.7 Å². The largest absolute Gasteiger partial charge is 0.326 e. The molecule has 1 aliphatic rings. The van der Waals surface area contributed by atoms with Crippen LogP contribution in [0.2, 0.25) is 0 Å². The first-order valence-corrected chi connectivity index (χ1v) is 11.2. The number of amides is 1. The monoisotopic (exact) mass is 430 g/mol. The maximum absolute atomic E-state index is 13.3. The maximum atomic E-state index is 13.3. The van der Waals surface area contributed by atoms with Crippen LogP contribution >= 0.6 is 11.3 Å². The summed E-state index contributed by atoms with van der Waals surface area (Å²) in [5, 5.41) is 5.43. The lowest BCUT2D eigenvalue weighted by Gasteiger charge is -2.22. The number of ketones is 1. The second-order valence-corrected chi connectivity index (χ2v) is 8.86. The van der Waals surface area contributed by atoms with E-state index in [1.807, 2.05) is 61.5 Å². The lowest BCUT2D eigenvalue weighted by molar-refractivity contribution is -0.127. The van der Waals surface area contributed by atoms with Gasteiger partial charge in [0.05, 0.1) is 38.9 Å². The highest BCUT2D eigenvalue weighted by molar-refractivity contribution is 7.18. The fourth-order valence-electron chi connectivity index (χ4n) is 4.33. The Balaban J connectivity index is 1.46. The van der Waals surface area contributed by atoms with Gasteiger partial charge in [-0.2, -0.15) is 5.10 Å². The number of Topliss-reactive ketones (excluding diaryl/α,β-unsaturated/α-hetero) is 1. The zero-order valence-electron chi connectivity index (χ0n) is 17.4. The number of thiazole rings is 1. The molecule has 3 heterocycles. The number of nitrogens with zero attached hydrogens (tertiary/aromatic N) is 4. The zero-order chi connectivity index (χ0) is 21.5. The molecule has 2 aromatic heterocycles. The SMILES string of the molecule is Cc1nn(-c2ccccc2)c(C)c1C(=O)C(=O)N1CCCC1c1nc2ccccc2s1. The van der Waals surface area contributed by atoms with E-state index in [1.165, 1.54) is 0 Å². The Labute approximate surface area is 184 Å². The van der Waals surface area contributed by atoms with Gasteiger partial charge in [0.2, 0.25) is 0 Å². The molecule has 156 valence electrons. The first-order valence-electron chi connectivity index (χ1n) is 10.4. The van der Waals surface area contributed by atoms with E-state index < -0.39 is 11.7 Å². The molecule has 7 heteroatoms. The summed E-state index contributed by atoms with van der Waals surface area (Å²) in [5.74, 6) is -0.967. The second kappa shape index (κ2) is 7.74. The molecule has 6 nitrogen and oxygen atoms in total. The Kier molecular flexibility index (Phi) is 4.90. The summed E-state index contributed by atoms with van der Waals surface area (Å²) in [6.07, 6.45) is 1.68. The summed E-state index contributed by atoms with van der Waals surface area (Å²) in [6, 6.07) is 17.4. The predicted molar refractivity (Wildman–Crippen MR) is 121 cm³/mol. The number of hydrogen-bond acceptors (Lipinski definition) is 5. The van der Waals surface area contributed by atoms with Gasteiger partial charge in [0, 0.05) is 6.54 Å². The first kappa shape index (κ1) is 19.6. The fraction of sp³-hybridized carbons (Fsp3) is 0.250. The normalized spacial score (nSPS) is 16.2. The number of carbonyl (C=O) groups is 2. The van der Waals surface area contributed by atoms with Crippen LogP contribution in [-0.2, 0) is 4.79 Å². The molecule has 1 aliphatic heterocycles. The summed E-state index contributed by atoms with van der Waals surface area (Å²) in [7, 11) is 0. The van der Waals surface area contributed by atoms with E-state index in [4.69, 9.17) is 4.98 Å². The summed E-state index contributed by atoms with van der Waals surface area (Å²) in [4.78, 5) is 33.0. The molecule has 1 atom stereocenters. The minimum atomic E-state index is -0.495. The molecular formula is C24H22N4O2S. The molecule has 1 saturated heterocycles. The first-order chi connectivity index (χ1) is 15.0. The molecule has 0 bridgehead atoms. The minimum Gasteiger partial charge on any atom is -0.326 e. The topological polar surface area (TPSA) is 68.1 Å². The van der Waals surface area contributed by atoms with Crippen molar-refractivity contribution in [2.24, 2.45) is 0 Å². The third-order valence-corrected chi connectivity index (χ3v) is 6.96. The zero-order valence-corrected chi connectivity index (χ0v) is 18.2. The van der Waals surface area contributed by atoms with Gasteiger partial charge in [-0.05, 0) is 51.0 Å². The Morgan fingerprint density at radius 2 is 1.77 bits per heavy atom. The van der Waals surface area contributed by atoms with E-state index in [1.54, 1.807) is 27.8 Å². The Morgan fingerprint density at radius 3 is 2.55 bits per heavy atom. The van der Waals surface area contributed by atoms with Crippen LogP contribution in [0.4, 0.5) is 0 Å². The van der Waals surface area contributed by atoms with Gasteiger partial charge in [-0.1, -0.05) is 30.3 Å². The highest BCUT2D eigenvalue weighted by Crippen LogP contribution is 2.37. The number of likely N-dealkylation sites (tertiary alicyclic amines) is 1. The third kappa shape index (κ3) is 3.35. The minimum absolute atomic E-state index is 0.154. The summed E-state index contributed by atoms with van der Waals surface area (Å²) < 4.78 is 2.82. The van der Waals surface area contributed by atoms with Gasteiger partial charge in [0.15, 0.2) is 0 Å². The molecule has 1 unspecified atom stereocenters. The molecule has 1 fully saturated rings. The van der Waals surface area contributed by atoms with Crippen LogP contribution in [-0.4, -0.2) is 37.9 Å². The Morgan fingerprint density at radius 1 is 1.03 bits per heavy atom. The van der Waals surface area contributed by atoms with Crippen LogP contribution in [0.3, 0.4) is 0 Å². The maximum Gasteiger partial charge on any atom is 0.295 e. The highest BCUT2D eigenvalue weighted by Gasteiger charge is 2.37. The van der Waals surface area contributed by atoms with Crippen molar-refractivity contribution >= 4 is 33.2 Å². The molecule has 0 aliphatic carbocycles. The summed E-state index contributed by atoms with van der Waals surface area (Å²) in [6.45, 7) is 4.18. The molecule has 0 N–H and O–H groups in total. The van der Waals surface area contributed by atoms with E-state index in [0.29, 0.717) is 23.5 Å². The highest BCUT2D eigenvalue weighted by atomic mass is 32.1. The van der Waals surface area contributed by atoms with E-state index >= 15 is 0 Å². The number of rotatable bonds is 4. The Bertz CT molecular complexity index is 1260. The van der Waals surface area contributed by atoms with Crippen molar-refractivity contribution < 1.29 is 9.59 Å². The second-order valence-electron chi connectivity index (χ2n) is 7.80. The molecule has 1 amide bonds. The lowest BCUT2D eigenvalue weighted by atomic mass is 10.1. The summed E-state index contributed by atoms with van der Waals surface area (Å²) in [5.41, 5.74) is 3.43. The van der Waals surface area contributed by atoms with Crippen LogP contribution in [0, 0.1) is 13.8 Å². The van der Waals surface area contributed by atoms with Gasteiger partial charge in [0.1, 0.15) is 5.01 Å². The average Bonchev–Trinajstić information content (AvgIpc) is 3.50. The average molecular weight is 431 g/mol. The lowest BCUT2D eigenvalue weighted by Crippen LogP contribution is -2.36. The number of aromatic nitrogens is 3. The van der Waals surface area contributed by atoms with Crippen LogP contribution < -0.4 is 0 Å². The van der Waals surface area contributed by atoms with E-state index in [9.17, 15) is 9.59 Å². The number of fused-ring (bicyclic) bond motifs is 1. The van der Waals surface area contributed by atoms with Crippen LogP contribution in [0.5, 0.6) is 0 Å². The predicted octanol–water partition coefficient (Wildman–Crippen LogP) is 4.65. The van der Waals surface area contributed by atoms with E-state index in [-0.39, 0.29) is 6.04 Å². The number of aryl methyl sites for hydroxylation is 1. The standard InChI is InChI=1S/C24H22N4O2S/c1-15-21(16(2)28(26-15)17-9-4-3-5-10-17)22(29)24(30)27-14-8-12-19(27)23-25-18-11-6-7-13-20(18)31-23/h3-7,9-11,13,19H,8,12,14H2,1-2H3. The third-order valence-electron chi connectivity index (χ3n) is 5.82. The number of benzene rings is 2. The van der Waals surface area contributed by atoms with Crippen molar-refractivity contribution in [3.63, 3.8) is 0 Å². The molecule has 0 radical (unpaired) electrons. The van der Waals surface area contributed by atoms with Crippen LogP contribution in [0.1, 0.15) is 45.6 Å². The van der Waals surface area contributed by atoms with Crippen molar-refractivity contribution in [1.29, 1.82) is 0 Å². The quantitative estimate of drug-likeness (QED) is 0.349. The number of para-hydroxylation sites is 2. The van der Waals surface area contributed by atoms with Gasteiger partial charge >= 0.3 is 0 Å². The fourth-order valence-corrected chi connectivity index (χ4v) is 5.44. The van der Waals surface area contributed by atoms with Crippen molar-refractivity contribution in [1.82, 2.24) is 19.7 Å². The van der Waals surface area contributed by atoms with Crippen molar-refractivity contribution in [3.8, 4) is 5.69 Å². The van der Waals surface area contributed by atoms with Gasteiger partial charge < -0.3 is 4.90 Å². The molecule has 5 rings (SSSR count). The van der Waals surface area contributed by atoms with E-state index in [2.05, 4.69) is 5.10 Å². The molecule has 31 heavy (non-hydrogen) atoms. The molecule has 0 spiro atoms. The van der Waals surface area contributed by atoms with Gasteiger partial charge in [0.25, 0.3) is 11.7 Å². The molecule has 2 aromatic carbocycles. The van der Waals surface area contributed by atoms with Gasteiger partial charge in [-0.25, -0.2) is 9.67 Å². The van der Waals surface area contributed by atoms with Crippen molar-refractivity contribution in [2.75, 3.05) is 6.54 Å². The molecular weight excluding hydrogens is 408 g/mol. The number of hydrogen-bond donors (Lipinski definition) is 0.